The van der Waals surface area contributed by atoms with Gasteiger partial charge in [0.2, 0.25) is 5.91 Å². The Kier molecular flexibility index (Phi) is 4.82. The zero-order valence-corrected chi connectivity index (χ0v) is 14.4. The first kappa shape index (κ1) is 17.6. The maximum absolute atomic E-state index is 12.5. The second-order valence-electron chi connectivity index (χ2n) is 6.14. The molecule has 3 fully saturated rings. The van der Waals surface area contributed by atoms with Gasteiger partial charge in [-0.3, -0.25) is 13.6 Å². The first-order valence-corrected chi connectivity index (χ1v) is 10.5. The number of nitrogens with one attached hydrogen (secondary N) is 1. The lowest BCUT2D eigenvalue weighted by atomic mass is 9.99. The predicted octanol–water partition coefficient (Wildman–Crippen LogP) is -0.983. The molecule has 136 valence electrons. The molecule has 2 bridgehead atoms. The largest absolute Gasteiger partial charge is 0.418 e. The van der Waals surface area contributed by atoms with Gasteiger partial charge in [0.1, 0.15) is 6.04 Å². The van der Waals surface area contributed by atoms with Gasteiger partial charge in [0.25, 0.3) is 0 Å². The summed E-state index contributed by atoms with van der Waals surface area (Å²) < 4.78 is 46.1. The molecule has 0 aromatic rings. The summed E-state index contributed by atoms with van der Waals surface area (Å²) in [4.78, 5) is 26.0. The Labute approximate surface area is 141 Å². The highest BCUT2D eigenvalue weighted by Crippen LogP contribution is 2.30. The van der Waals surface area contributed by atoms with Crippen molar-refractivity contribution in [2.75, 3.05) is 18.1 Å². The van der Waals surface area contributed by atoms with Crippen molar-refractivity contribution in [1.29, 1.82) is 0 Å². The number of hydrogen-bond donors (Lipinski definition) is 2. The summed E-state index contributed by atoms with van der Waals surface area (Å²) in [6.45, 7) is 0.168. The highest BCUT2D eigenvalue weighted by molar-refractivity contribution is 7.85. The van der Waals surface area contributed by atoms with E-state index >= 15 is 0 Å². The van der Waals surface area contributed by atoms with E-state index in [9.17, 15) is 22.2 Å². The first-order chi connectivity index (χ1) is 11.2. The van der Waals surface area contributed by atoms with Crippen LogP contribution in [-0.4, -0.2) is 75.3 Å². The molecular formula is C12H19N3O7S2. The Bertz CT molecular complexity index is 658. The molecule has 3 rings (SSSR count). The second kappa shape index (κ2) is 6.58. The second-order valence-corrected chi connectivity index (χ2v) is 8.84. The summed E-state index contributed by atoms with van der Waals surface area (Å²) in [5.41, 5.74) is 0. The summed E-state index contributed by atoms with van der Waals surface area (Å²) in [6.07, 6.45) is 2.05. The van der Waals surface area contributed by atoms with Gasteiger partial charge in [-0.1, -0.05) is 0 Å². The van der Waals surface area contributed by atoms with Crippen LogP contribution in [-0.2, 0) is 30.3 Å². The molecule has 10 nitrogen and oxygen atoms in total. The molecule has 0 spiro atoms. The lowest BCUT2D eigenvalue weighted by Crippen LogP contribution is -2.52. The van der Waals surface area contributed by atoms with Gasteiger partial charge >= 0.3 is 16.4 Å². The number of carbonyl (C=O) groups is 2. The average molecular weight is 381 g/mol. The van der Waals surface area contributed by atoms with Crippen molar-refractivity contribution in [2.45, 2.75) is 43.8 Å². The molecule has 3 heterocycles. The Morgan fingerprint density at radius 2 is 1.92 bits per heavy atom. The topological polar surface area (TPSA) is 133 Å². The molecule has 3 saturated heterocycles. The normalized spacial score (nSPS) is 33.6. The fourth-order valence-electron chi connectivity index (χ4n) is 3.34. The van der Waals surface area contributed by atoms with Gasteiger partial charge in [-0.25, -0.2) is 4.79 Å². The molecular weight excluding hydrogens is 362 g/mol. The minimum Gasteiger partial charge on any atom is -0.352 e. The zero-order chi connectivity index (χ0) is 17.5. The third kappa shape index (κ3) is 3.71. The van der Waals surface area contributed by atoms with Crippen molar-refractivity contribution in [3.05, 3.63) is 0 Å². The monoisotopic (exact) mass is 381 g/mol. The number of urea groups is 1. The van der Waals surface area contributed by atoms with Gasteiger partial charge in [-0.2, -0.15) is 13.5 Å². The number of amides is 3. The summed E-state index contributed by atoms with van der Waals surface area (Å²) in [5.74, 6) is 0.806. The Balaban J connectivity index is 1.63. The summed E-state index contributed by atoms with van der Waals surface area (Å²) in [5, 5.41) is 3.50. The van der Waals surface area contributed by atoms with Crippen LogP contribution < -0.4 is 5.32 Å². The van der Waals surface area contributed by atoms with Gasteiger partial charge < -0.3 is 10.2 Å². The van der Waals surface area contributed by atoms with Crippen molar-refractivity contribution in [3.8, 4) is 0 Å². The van der Waals surface area contributed by atoms with E-state index in [1.807, 2.05) is 0 Å². The van der Waals surface area contributed by atoms with Gasteiger partial charge in [-0.15, -0.1) is 4.28 Å². The van der Waals surface area contributed by atoms with Crippen molar-refractivity contribution < 1.29 is 31.1 Å². The van der Waals surface area contributed by atoms with Crippen molar-refractivity contribution in [2.24, 2.45) is 0 Å². The smallest absolute Gasteiger partial charge is 0.352 e. The summed E-state index contributed by atoms with van der Waals surface area (Å²) >= 11 is 0. The molecule has 2 atom stereocenters. The number of piperidine rings is 1. The van der Waals surface area contributed by atoms with E-state index in [-0.39, 0.29) is 18.5 Å². The van der Waals surface area contributed by atoms with Gasteiger partial charge in [0.05, 0.1) is 6.04 Å². The lowest BCUT2D eigenvalue weighted by molar-refractivity contribution is -0.126. The maximum atomic E-state index is 12.5. The van der Waals surface area contributed by atoms with Crippen molar-refractivity contribution in [3.63, 3.8) is 0 Å². The Morgan fingerprint density at radius 3 is 2.54 bits per heavy atom. The van der Waals surface area contributed by atoms with Gasteiger partial charge in [0, 0.05) is 34.9 Å². The van der Waals surface area contributed by atoms with E-state index in [0.29, 0.717) is 42.3 Å². The van der Waals surface area contributed by atoms with Crippen LogP contribution >= 0.6 is 0 Å². The van der Waals surface area contributed by atoms with Crippen LogP contribution in [0.2, 0.25) is 0 Å². The zero-order valence-electron chi connectivity index (χ0n) is 12.8. The van der Waals surface area contributed by atoms with E-state index < -0.39 is 39.3 Å². The Morgan fingerprint density at radius 1 is 1.25 bits per heavy atom. The van der Waals surface area contributed by atoms with Crippen LogP contribution in [0.1, 0.15) is 25.7 Å². The van der Waals surface area contributed by atoms with Gasteiger partial charge in [0.15, 0.2) is 0 Å². The van der Waals surface area contributed by atoms with E-state index in [0.717, 1.165) is 0 Å². The molecule has 2 N–H and O–H groups in total. The third-order valence-corrected chi connectivity index (χ3v) is 6.27. The SMILES string of the molecule is O=C(NC1CCS(=O)CC1)[C@@H]1CC[C@@H]2CN1C(=O)N2OS(=O)(=O)O. The quantitative estimate of drug-likeness (QED) is 0.598. The Hall–Kier alpha value is -1.24. The lowest BCUT2D eigenvalue weighted by Gasteiger charge is -2.31. The molecule has 3 amide bonds. The van der Waals surface area contributed by atoms with Crippen LogP contribution in [0.25, 0.3) is 0 Å². The predicted molar refractivity (Wildman–Crippen MR) is 82.4 cm³/mol. The van der Waals surface area contributed by atoms with Crippen LogP contribution in [0.4, 0.5) is 4.79 Å². The molecule has 3 aliphatic rings. The number of carbonyl (C=O) groups excluding carboxylic acids is 2. The number of rotatable bonds is 4. The highest BCUT2D eigenvalue weighted by atomic mass is 32.3. The van der Waals surface area contributed by atoms with Gasteiger partial charge in [-0.05, 0) is 25.7 Å². The number of fused-ring (bicyclic) bond motifs is 2. The molecule has 0 aromatic heterocycles. The molecule has 24 heavy (non-hydrogen) atoms. The van der Waals surface area contributed by atoms with E-state index in [1.54, 1.807) is 0 Å². The molecule has 0 unspecified atom stereocenters. The van der Waals surface area contributed by atoms with Crippen LogP contribution in [0.3, 0.4) is 0 Å². The molecule has 3 aliphatic heterocycles. The van der Waals surface area contributed by atoms with Crippen LogP contribution in [0.15, 0.2) is 0 Å². The van der Waals surface area contributed by atoms with Crippen molar-refractivity contribution >= 4 is 33.1 Å². The van der Waals surface area contributed by atoms with E-state index in [4.69, 9.17) is 4.55 Å². The number of hydroxylamine groups is 2. The molecule has 12 heteroatoms. The number of nitrogens with zero attached hydrogens (tertiary/aromatic N) is 2. The molecule has 0 radical (unpaired) electrons. The number of hydrogen-bond acceptors (Lipinski definition) is 6. The highest BCUT2D eigenvalue weighted by Gasteiger charge is 2.49. The fraction of sp³-hybridized carbons (Fsp3) is 0.833. The van der Waals surface area contributed by atoms with E-state index in [1.165, 1.54) is 4.90 Å². The third-order valence-electron chi connectivity index (χ3n) is 4.53. The average Bonchev–Trinajstić information content (AvgIpc) is 2.73. The van der Waals surface area contributed by atoms with E-state index in [2.05, 4.69) is 9.60 Å². The van der Waals surface area contributed by atoms with Crippen LogP contribution in [0, 0.1) is 0 Å². The molecule has 0 aliphatic carbocycles. The minimum atomic E-state index is -4.80. The fourth-order valence-corrected chi connectivity index (χ4v) is 5.03. The summed E-state index contributed by atoms with van der Waals surface area (Å²) in [7, 11) is -5.62. The van der Waals surface area contributed by atoms with Crippen molar-refractivity contribution in [1.82, 2.24) is 15.3 Å². The molecule has 0 aromatic carbocycles. The summed E-state index contributed by atoms with van der Waals surface area (Å²) in [6, 6.07) is -2.02. The minimum absolute atomic E-state index is 0.0594. The maximum Gasteiger partial charge on any atom is 0.418 e. The first-order valence-electron chi connectivity index (χ1n) is 7.67. The standard InChI is InChI=1S/C12H19N3O7S2/c16-11(13-8-3-5-23(18)6-4-8)10-2-1-9-7-14(10)12(17)15(9)22-24(19,20)21/h8-10H,1-7H2,(H,13,16)(H,19,20,21)/t8?,9-,10+,23?/m1/s1. The van der Waals surface area contributed by atoms with Crippen LogP contribution in [0.5, 0.6) is 0 Å². The molecule has 0 saturated carbocycles.